The highest BCUT2D eigenvalue weighted by molar-refractivity contribution is 5.83. The molecule has 1 amide bonds. The molecular weight excluding hydrogens is 366 g/mol. The average molecular weight is 387 g/mol. The van der Waals surface area contributed by atoms with Gasteiger partial charge in [0, 0.05) is 27.2 Å². The van der Waals surface area contributed by atoms with Crippen LogP contribution in [0.2, 0.25) is 0 Å². The van der Waals surface area contributed by atoms with Crippen molar-refractivity contribution >= 4 is 22.9 Å². The first kappa shape index (κ1) is 19.4. The topological polar surface area (TPSA) is 67.4 Å². The summed E-state index contributed by atoms with van der Waals surface area (Å²) in [4.78, 5) is 19.7. The highest BCUT2D eigenvalue weighted by atomic mass is 19.4. The number of benzene rings is 1. The van der Waals surface area contributed by atoms with Crippen LogP contribution < -0.4 is 10.6 Å². The molecule has 0 saturated carbocycles. The number of hydrogen-bond donors (Lipinski definition) is 1. The Hall–Kier alpha value is -2.36. The van der Waals surface area contributed by atoms with Gasteiger partial charge in [0.25, 0.3) is 0 Å². The molecular formula is C17H21F4N5O. The second-order valence-corrected chi connectivity index (χ2v) is 6.90. The Morgan fingerprint density at radius 2 is 2.07 bits per heavy atom. The van der Waals surface area contributed by atoms with Crippen LogP contribution in [0.3, 0.4) is 0 Å². The quantitative estimate of drug-likeness (QED) is 0.819. The Labute approximate surface area is 153 Å². The third-order valence-electron chi connectivity index (χ3n) is 4.70. The van der Waals surface area contributed by atoms with E-state index in [1.54, 1.807) is 23.6 Å². The lowest BCUT2D eigenvalue weighted by atomic mass is 10.1. The Morgan fingerprint density at radius 3 is 2.67 bits per heavy atom. The van der Waals surface area contributed by atoms with E-state index in [0.717, 1.165) is 12.1 Å². The summed E-state index contributed by atoms with van der Waals surface area (Å²) < 4.78 is 54.3. The zero-order chi connectivity index (χ0) is 19.9. The van der Waals surface area contributed by atoms with Gasteiger partial charge in [-0.1, -0.05) is 0 Å². The van der Waals surface area contributed by atoms with Gasteiger partial charge < -0.3 is 20.1 Å². The van der Waals surface area contributed by atoms with Crippen molar-refractivity contribution in [1.29, 1.82) is 0 Å². The van der Waals surface area contributed by atoms with Crippen LogP contribution in [0.15, 0.2) is 18.2 Å². The van der Waals surface area contributed by atoms with Crippen LogP contribution in [0.4, 0.5) is 23.5 Å². The van der Waals surface area contributed by atoms with Gasteiger partial charge in [0.15, 0.2) is 0 Å². The van der Waals surface area contributed by atoms with Gasteiger partial charge in [0.1, 0.15) is 12.7 Å². The van der Waals surface area contributed by atoms with Crippen LogP contribution in [-0.2, 0) is 17.5 Å². The van der Waals surface area contributed by atoms with Crippen molar-refractivity contribution in [2.45, 2.75) is 31.4 Å². The minimum absolute atomic E-state index is 0.0883. The molecule has 0 bridgehead atoms. The molecule has 3 rings (SSSR count). The lowest BCUT2D eigenvalue weighted by molar-refractivity contribution is -0.137. The lowest BCUT2D eigenvalue weighted by Crippen LogP contribution is -2.50. The SMILES string of the molecule is CN(C)C(=O)Cn1c(N2CC[C@@H](F)[C@H](N)C2)nc2cc(C(F)(F)F)ccc21. The predicted octanol–water partition coefficient (Wildman–Crippen LogP) is 2.02. The van der Waals surface area contributed by atoms with Crippen molar-refractivity contribution in [3.05, 3.63) is 23.8 Å². The zero-order valence-electron chi connectivity index (χ0n) is 15.0. The molecule has 2 N–H and O–H groups in total. The summed E-state index contributed by atoms with van der Waals surface area (Å²) in [5.41, 5.74) is 5.52. The Balaban J connectivity index is 2.08. The van der Waals surface area contributed by atoms with Crippen molar-refractivity contribution in [1.82, 2.24) is 14.5 Å². The van der Waals surface area contributed by atoms with Gasteiger partial charge in [0.2, 0.25) is 11.9 Å². The van der Waals surface area contributed by atoms with Gasteiger partial charge >= 0.3 is 6.18 Å². The summed E-state index contributed by atoms with van der Waals surface area (Å²) in [7, 11) is 3.18. The smallest absolute Gasteiger partial charge is 0.347 e. The fourth-order valence-electron chi connectivity index (χ4n) is 3.10. The maximum absolute atomic E-state index is 13.7. The minimum atomic E-state index is -4.49. The second kappa shape index (κ2) is 6.99. The molecule has 148 valence electrons. The molecule has 2 aromatic rings. The van der Waals surface area contributed by atoms with Crippen LogP contribution in [0.25, 0.3) is 11.0 Å². The summed E-state index contributed by atoms with van der Waals surface area (Å²) in [5, 5.41) is 0. The van der Waals surface area contributed by atoms with Crippen molar-refractivity contribution in [3.8, 4) is 0 Å². The highest BCUT2D eigenvalue weighted by Gasteiger charge is 2.33. The number of nitrogens with two attached hydrogens (primary N) is 1. The van der Waals surface area contributed by atoms with Crippen LogP contribution in [0.5, 0.6) is 0 Å². The second-order valence-electron chi connectivity index (χ2n) is 6.90. The molecule has 0 aliphatic carbocycles. The number of amides is 1. The Morgan fingerprint density at radius 1 is 1.37 bits per heavy atom. The first-order chi connectivity index (χ1) is 12.6. The number of aromatic nitrogens is 2. The van der Waals surface area contributed by atoms with E-state index in [2.05, 4.69) is 4.98 Å². The van der Waals surface area contributed by atoms with Crippen LogP contribution in [0, 0.1) is 0 Å². The van der Waals surface area contributed by atoms with E-state index < -0.39 is 24.0 Å². The minimum Gasteiger partial charge on any atom is -0.347 e. The van der Waals surface area contributed by atoms with E-state index >= 15 is 0 Å². The molecule has 2 atom stereocenters. The standard InChI is InChI=1S/C17H21F4N5O/c1-24(2)15(27)9-26-14-4-3-10(17(19,20)21)7-13(14)23-16(26)25-6-5-11(18)12(22)8-25/h3-4,7,11-12H,5-6,8-9,22H2,1-2H3/t11-,12-/m1/s1. The maximum atomic E-state index is 13.7. The van der Waals surface area contributed by atoms with Gasteiger partial charge in [-0.25, -0.2) is 9.37 Å². The van der Waals surface area contributed by atoms with Crippen molar-refractivity contribution in [3.63, 3.8) is 0 Å². The third kappa shape index (κ3) is 3.85. The van der Waals surface area contributed by atoms with Crippen LogP contribution in [-0.4, -0.2) is 59.8 Å². The number of piperidine rings is 1. The molecule has 0 radical (unpaired) electrons. The molecule has 1 saturated heterocycles. The van der Waals surface area contributed by atoms with E-state index in [4.69, 9.17) is 5.73 Å². The van der Waals surface area contributed by atoms with Crippen molar-refractivity contribution in [2.24, 2.45) is 5.73 Å². The van der Waals surface area contributed by atoms with Crippen LogP contribution in [0.1, 0.15) is 12.0 Å². The fraction of sp³-hybridized carbons (Fsp3) is 0.529. The molecule has 6 nitrogen and oxygen atoms in total. The number of rotatable bonds is 3. The molecule has 27 heavy (non-hydrogen) atoms. The number of alkyl halides is 4. The lowest BCUT2D eigenvalue weighted by Gasteiger charge is -2.34. The van der Waals surface area contributed by atoms with Gasteiger partial charge in [-0.05, 0) is 24.6 Å². The van der Waals surface area contributed by atoms with E-state index in [0.29, 0.717) is 18.0 Å². The molecule has 1 aromatic carbocycles. The number of fused-ring (bicyclic) bond motifs is 1. The summed E-state index contributed by atoms with van der Waals surface area (Å²) in [6, 6.07) is 2.50. The Kier molecular flexibility index (Phi) is 5.02. The van der Waals surface area contributed by atoms with Gasteiger partial charge in [0.05, 0.1) is 22.6 Å². The molecule has 0 unspecified atom stereocenters. The van der Waals surface area contributed by atoms with Crippen molar-refractivity contribution < 1.29 is 22.4 Å². The molecule has 1 aliphatic heterocycles. The predicted molar refractivity (Wildman–Crippen MR) is 93.1 cm³/mol. The maximum Gasteiger partial charge on any atom is 0.416 e. The normalized spacial score (nSPS) is 20.9. The summed E-state index contributed by atoms with van der Waals surface area (Å²) in [6.45, 7) is 0.405. The van der Waals surface area contributed by atoms with E-state index in [9.17, 15) is 22.4 Å². The number of halogens is 4. The number of nitrogens with zero attached hydrogens (tertiary/aromatic N) is 4. The molecule has 1 aliphatic rings. The molecule has 1 fully saturated rings. The number of anilines is 1. The first-order valence-corrected chi connectivity index (χ1v) is 8.50. The van der Waals surface area contributed by atoms with E-state index in [1.165, 1.54) is 11.0 Å². The number of likely N-dealkylation sites (N-methyl/N-ethyl adjacent to an activating group) is 1. The fourth-order valence-corrected chi connectivity index (χ4v) is 3.10. The number of carbonyl (C=O) groups is 1. The summed E-state index contributed by atoms with van der Waals surface area (Å²) >= 11 is 0. The Bertz CT molecular complexity index is 848. The van der Waals surface area contributed by atoms with Gasteiger partial charge in [-0.15, -0.1) is 0 Å². The van der Waals surface area contributed by atoms with Crippen molar-refractivity contribution in [2.75, 3.05) is 32.1 Å². The molecule has 0 spiro atoms. The van der Waals surface area contributed by atoms with Gasteiger partial charge in [-0.2, -0.15) is 13.2 Å². The first-order valence-electron chi connectivity index (χ1n) is 8.50. The summed E-state index contributed by atoms with van der Waals surface area (Å²) in [5.74, 6) is 0.0852. The number of carbonyl (C=O) groups excluding carboxylic acids is 1. The largest absolute Gasteiger partial charge is 0.416 e. The molecule has 1 aromatic heterocycles. The average Bonchev–Trinajstić information content (AvgIpc) is 2.94. The number of imidazole rings is 1. The van der Waals surface area contributed by atoms with E-state index in [1.807, 2.05) is 0 Å². The van der Waals surface area contributed by atoms with Gasteiger partial charge in [-0.3, -0.25) is 4.79 Å². The zero-order valence-corrected chi connectivity index (χ0v) is 15.0. The van der Waals surface area contributed by atoms with Crippen LogP contribution >= 0.6 is 0 Å². The summed E-state index contributed by atoms with van der Waals surface area (Å²) in [6.07, 6.45) is -5.44. The monoisotopic (exact) mass is 387 g/mol. The third-order valence-corrected chi connectivity index (χ3v) is 4.70. The number of hydrogen-bond acceptors (Lipinski definition) is 4. The van der Waals surface area contributed by atoms with E-state index in [-0.39, 0.29) is 30.9 Å². The molecule has 10 heteroatoms. The molecule has 2 heterocycles. The highest BCUT2D eigenvalue weighted by Crippen LogP contribution is 2.33.